The van der Waals surface area contributed by atoms with Crippen molar-refractivity contribution in [3.63, 3.8) is 0 Å². The second-order valence-electron chi connectivity index (χ2n) is 7.57. The van der Waals surface area contributed by atoms with Crippen LogP contribution in [0.4, 0.5) is 0 Å². The first-order valence-corrected chi connectivity index (χ1v) is 9.96. The highest BCUT2D eigenvalue weighted by Gasteiger charge is 2.26. The number of piperazine rings is 1. The van der Waals surface area contributed by atoms with E-state index in [0.717, 1.165) is 36.7 Å². The number of benzene rings is 2. The van der Waals surface area contributed by atoms with E-state index >= 15 is 0 Å². The van der Waals surface area contributed by atoms with Gasteiger partial charge >= 0.3 is 0 Å². The minimum absolute atomic E-state index is 0.0135. The van der Waals surface area contributed by atoms with E-state index < -0.39 is 0 Å². The molecule has 0 atom stereocenters. The summed E-state index contributed by atoms with van der Waals surface area (Å²) in [6, 6.07) is 13.2. The number of para-hydroxylation sites is 1. The molecule has 30 heavy (non-hydrogen) atoms. The number of aromatic nitrogens is 2. The number of fused-ring (bicyclic) bond motifs is 2. The summed E-state index contributed by atoms with van der Waals surface area (Å²) in [7, 11) is 1.75. The molecule has 1 saturated heterocycles. The second-order valence-corrected chi connectivity index (χ2v) is 7.57. The number of hydrogen-bond donors (Lipinski definition) is 0. The maximum absolute atomic E-state index is 13.0. The third-order valence-electron chi connectivity index (χ3n) is 5.67. The fourth-order valence-electron chi connectivity index (χ4n) is 4.02. The molecule has 0 saturated carbocycles. The van der Waals surface area contributed by atoms with Gasteiger partial charge in [-0.15, -0.1) is 0 Å². The maximum Gasteiger partial charge on any atom is 0.278 e. The Morgan fingerprint density at radius 2 is 1.80 bits per heavy atom. The molecule has 1 fully saturated rings. The summed E-state index contributed by atoms with van der Waals surface area (Å²) in [5.74, 6) is 1.25. The molecule has 0 radical (unpaired) electrons. The minimum Gasteiger partial charge on any atom is -0.454 e. The van der Waals surface area contributed by atoms with Crippen molar-refractivity contribution in [3.05, 3.63) is 63.9 Å². The van der Waals surface area contributed by atoms with Gasteiger partial charge in [-0.2, -0.15) is 5.10 Å². The highest BCUT2D eigenvalue weighted by atomic mass is 16.7. The Balaban J connectivity index is 1.28. The quantitative estimate of drug-likeness (QED) is 0.658. The molecular formula is C22H22N4O4. The second kappa shape index (κ2) is 7.46. The number of ether oxygens (including phenoxy) is 2. The molecule has 1 amide bonds. The number of hydrogen-bond acceptors (Lipinski definition) is 6. The fraction of sp³-hybridized carbons (Fsp3) is 0.318. The molecule has 3 heterocycles. The summed E-state index contributed by atoms with van der Waals surface area (Å²) >= 11 is 0. The van der Waals surface area contributed by atoms with Crippen molar-refractivity contribution in [3.8, 4) is 11.5 Å². The van der Waals surface area contributed by atoms with Gasteiger partial charge < -0.3 is 14.4 Å². The van der Waals surface area contributed by atoms with E-state index in [1.165, 1.54) is 0 Å². The Kier molecular flexibility index (Phi) is 4.63. The molecule has 5 rings (SSSR count). The highest BCUT2D eigenvalue weighted by molar-refractivity contribution is 5.95. The molecule has 0 aliphatic carbocycles. The number of aryl methyl sites for hydroxylation is 1. The van der Waals surface area contributed by atoms with E-state index in [1.807, 2.05) is 30.3 Å². The van der Waals surface area contributed by atoms with Crippen molar-refractivity contribution < 1.29 is 14.3 Å². The lowest BCUT2D eigenvalue weighted by atomic mass is 10.1. The van der Waals surface area contributed by atoms with Gasteiger partial charge in [-0.05, 0) is 29.8 Å². The average molecular weight is 406 g/mol. The normalized spacial score (nSPS) is 16.2. The summed E-state index contributed by atoms with van der Waals surface area (Å²) in [4.78, 5) is 29.8. The van der Waals surface area contributed by atoms with Gasteiger partial charge in [0, 0.05) is 45.2 Å². The standard InChI is InChI=1S/C22H22N4O4/c1-24-17-5-3-2-4-16(17)21(27)20(23-24)22(28)26-10-8-25(9-11-26)13-15-6-7-18-19(12-15)30-14-29-18/h2-7,12H,8-11,13-14H2,1H3. The molecule has 0 spiro atoms. The Morgan fingerprint density at radius 1 is 1.03 bits per heavy atom. The molecule has 8 heteroatoms. The van der Waals surface area contributed by atoms with Gasteiger partial charge in [-0.1, -0.05) is 18.2 Å². The van der Waals surface area contributed by atoms with Crippen LogP contribution in [0.5, 0.6) is 11.5 Å². The first-order valence-electron chi connectivity index (χ1n) is 9.96. The van der Waals surface area contributed by atoms with Crippen LogP contribution in [0, 0.1) is 0 Å². The predicted octanol–water partition coefficient (Wildman–Crippen LogP) is 1.62. The number of carbonyl (C=O) groups is 1. The van der Waals surface area contributed by atoms with E-state index in [-0.39, 0.29) is 23.8 Å². The zero-order valence-electron chi connectivity index (χ0n) is 16.7. The summed E-state index contributed by atoms with van der Waals surface area (Å²) in [6.07, 6.45) is 0. The van der Waals surface area contributed by atoms with Crippen LogP contribution in [0.1, 0.15) is 16.1 Å². The van der Waals surface area contributed by atoms with Crippen molar-refractivity contribution in [1.29, 1.82) is 0 Å². The Hall–Kier alpha value is -3.39. The summed E-state index contributed by atoms with van der Waals surface area (Å²) < 4.78 is 12.4. The largest absolute Gasteiger partial charge is 0.454 e. The van der Waals surface area contributed by atoms with Crippen LogP contribution in [0.15, 0.2) is 47.3 Å². The highest BCUT2D eigenvalue weighted by Crippen LogP contribution is 2.32. The first kappa shape index (κ1) is 18.6. The topological polar surface area (TPSA) is 76.9 Å². The van der Waals surface area contributed by atoms with Crippen molar-refractivity contribution in [2.24, 2.45) is 7.05 Å². The summed E-state index contributed by atoms with van der Waals surface area (Å²) in [6.45, 7) is 3.61. The van der Waals surface area contributed by atoms with Crippen LogP contribution in [0.2, 0.25) is 0 Å². The van der Waals surface area contributed by atoms with E-state index in [1.54, 1.807) is 28.8 Å². The molecule has 0 unspecified atom stereocenters. The number of carbonyl (C=O) groups excluding carboxylic acids is 1. The van der Waals surface area contributed by atoms with E-state index in [4.69, 9.17) is 9.47 Å². The predicted molar refractivity (Wildman–Crippen MR) is 111 cm³/mol. The van der Waals surface area contributed by atoms with Gasteiger partial charge in [0.1, 0.15) is 0 Å². The molecule has 2 aliphatic rings. The van der Waals surface area contributed by atoms with Crippen molar-refractivity contribution >= 4 is 16.8 Å². The van der Waals surface area contributed by atoms with Crippen LogP contribution >= 0.6 is 0 Å². The van der Waals surface area contributed by atoms with Gasteiger partial charge in [-0.25, -0.2) is 0 Å². The molecular weight excluding hydrogens is 384 g/mol. The van der Waals surface area contributed by atoms with Crippen molar-refractivity contribution in [2.45, 2.75) is 6.54 Å². The molecule has 154 valence electrons. The van der Waals surface area contributed by atoms with Crippen LogP contribution in [-0.2, 0) is 13.6 Å². The minimum atomic E-state index is -0.309. The molecule has 2 aliphatic heterocycles. The SMILES string of the molecule is Cn1nc(C(=O)N2CCN(Cc3ccc4c(c3)OCO4)CC2)c(=O)c2ccccc21. The molecule has 1 aromatic heterocycles. The lowest BCUT2D eigenvalue weighted by molar-refractivity contribution is 0.0619. The van der Waals surface area contributed by atoms with Crippen LogP contribution in [0.3, 0.4) is 0 Å². The van der Waals surface area contributed by atoms with E-state index in [9.17, 15) is 9.59 Å². The van der Waals surface area contributed by atoms with Crippen molar-refractivity contribution in [2.75, 3.05) is 33.0 Å². The summed E-state index contributed by atoms with van der Waals surface area (Å²) in [5.41, 5.74) is 1.54. The van der Waals surface area contributed by atoms with Gasteiger partial charge in [0.15, 0.2) is 17.2 Å². The third-order valence-corrected chi connectivity index (χ3v) is 5.67. The van der Waals surface area contributed by atoms with Crippen molar-refractivity contribution in [1.82, 2.24) is 19.6 Å². The Labute approximate surface area is 173 Å². The lowest BCUT2D eigenvalue weighted by Gasteiger charge is -2.34. The van der Waals surface area contributed by atoms with Crippen LogP contribution in [-0.4, -0.2) is 58.5 Å². The van der Waals surface area contributed by atoms with Gasteiger partial charge in [0.2, 0.25) is 12.2 Å². The average Bonchev–Trinajstić information content (AvgIpc) is 3.24. The van der Waals surface area contributed by atoms with Crippen LogP contribution < -0.4 is 14.9 Å². The number of rotatable bonds is 3. The van der Waals surface area contributed by atoms with Gasteiger partial charge in [-0.3, -0.25) is 19.2 Å². The third kappa shape index (κ3) is 3.29. The van der Waals surface area contributed by atoms with E-state index in [2.05, 4.69) is 10.00 Å². The molecule has 3 aromatic rings. The maximum atomic E-state index is 13.0. The first-order chi connectivity index (χ1) is 14.6. The number of nitrogens with zero attached hydrogens (tertiary/aromatic N) is 4. The molecule has 0 bridgehead atoms. The monoisotopic (exact) mass is 406 g/mol. The summed E-state index contributed by atoms with van der Waals surface area (Å²) in [5, 5.41) is 4.78. The fourth-order valence-corrected chi connectivity index (χ4v) is 4.02. The lowest BCUT2D eigenvalue weighted by Crippen LogP contribution is -2.49. The molecule has 0 N–H and O–H groups in total. The molecule has 8 nitrogen and oxygen atoms in total. The zero-order chi connectivity index (χ0) is 20.7. The van der Waals surface area contributed by atoms with Gasteiger partial charge in [0.05, 0.1) is 5.52 Å². The Bertz CT molecular complexity index is 1180. The van der Waals surface area contributed by atoms with E-state index in [0.29, 0.717) is 24.0 Å². The smallest absolute Gasteiger partial charge is 0.278 e. The number of amides is 1. The molecule has 2 aromatic carbocycles. The zero-order valence-corrected chi connectivity index (χ0v) is 16.7. The Morgan fingerprint density at radius 3 is 2.63 bits per heavy atom. The van der Waals surface area contributed by atoms with Crippen LogP contribution in [0.25, 0.3) is 10.9 Å². The van der Waals surface area contributed by atoms with Gasteiger partial charge in [0.25, 0.3) is 5.91 Å².